The number of benzene rings is 3. The number of piperidine rings is 1. The molecule has 0 radical (unpaired) electrons. The molecule has 39 heavy (non-hydrogen) atoms. The van der Waals surface area contributed by atoms with Crippen LogP contribution in [0.15, 0.2) is 108 Å². The summed E-state index contributed by atoms with van der Waals surface area (Å²) in [4.78, 5) is 6.89. The summed E-state index contributed by atoms with van der Waals surface area (Å²) in [6, 6.07) is 25.9. The Morgan fingerprint density at radius 3 is 2.54 bits per heavy atom. The molecule has 5 heteroatoms. The van der Waals surface area contributed by atoms with Gasteiger partial charge in [0.25, 0.3) is 0 Å². The molecule has 1 saturated heterocycles. The van der Waals surface area contributed by atoms with E-state index in [1.165, 1.54) is 33.9 Å². The van der Waals surface area contributed by atoms with Gasteiger partial charge in [0.2, 0.25) is 0 Å². The molecule has 0 N–H and O–H groups in total. The SMILES string of the molecule is Fc1ccc(-n2cc(C3CCN(CCc4occ5ccccc45)CC3)c3cc(-c4cccnc4)ccc32)cc1. The molecule has 0 saturated carbocycles. The first kappa shape index (κ1) is 23.9. The van der Waals surface area contributed by atoms with Crippen molar-refractivity contribution in [3.63, 3.8) is 0 Å². The van der Waals surface area contributed by atoms with Gasteiger partial charge in [0.15, 0.2) is 0 Å². The third-order valence-corrected chi connectivity index (χ3v) is 8.21. The molecule has 6 aromatic rings. The maximum Gasteiger partial charge on any atom is 0.123 e. The van der Waals surface area contributed by atoms with Crippen LogP contribution in [0.1, 0.15) is 30.1 Å². The number of furan rings is 1. The van der Waals surface area contributed by atoms with Crippen LogP contribution in [0.3, 0.4) is 0 Å². The lowest BCUT2D eigenvalue weighted by Crippen LogP contribution is -2.34. The summed E-state index contributed by atoms with van der Waals surface area (Å²) in [7, 11) is 0. The van der Waals surface area contributed by atoms with Crippen molar-refractivity contribution in [2.45, 2.75) is 25.2 Å². The molecule has 4 heterocycles. The Hall–Kier alpha value is -4.22. The minimum atomic E-state index is -0.218. The lowest BCUT2D eigenvalue weighted by atomic mass is 9.88. The van der Waals surface area contributed by atoms with E-state index in [9.17, 15) is 4.39 Å². The summed E-state index contributed by atoms with van der Waals surface area (Å²) in [5.74, 6) is 1.33. The summed E-state index contributed by atoms with van der Waals surface area (Å²) in [5, 5.41) is 3.67. The van der Waals surface area contributed by atoms with Crippen LogP contribution >= 0.6 is 0 Å². The lowest BCUT2D eigenvalue weighted by Gasteiger charge is -2.31. The zero-order valence-corrected chi connectivity index (χ0v) is 21.8. The van der Waals surface area contributed by atoms with Gasteiger partial charge in [-0.25, -0.2) is 4.39 Å². The quantitative estimate of drug-likeness (QED) is 0.225. The van der Waals surface area contributed by atoms with Gasteiger partial charge >= 0.3 is 0 Å². The molecule has 1 fully saturated rings. The summed E-state index contributed by atoms with van der Waals surface area (Å²) < 4.78 is 21.8. The van der Waals surface area contributed by atoms with Crippen LogP contribution < -0.4 is 0 Å². The van der Waals surface area contributed by atoms with Gasteiger partial charge in [0.1, 0.15) is 11.6 Å². The van der Waals surface area contributed by atoms with E-state index >= 15 is 0 Å². The normalized spacial score (nSPS) is 14.9. The zero-order valence-electron chi connectivity index (χ0n) is 21.8. The minimum absolute atomic E-state index is 0.218. The Labute approximate surface area is 227 Å². The third-order valence-electron chi connectivity index (χ3n) is 8.21. The number of hydrogen-bond acceptors (Lipinski definition) is 3. The Kier molecular flexibility index (Phi) is 6.22. The molecule has 3 aromatic carbocycles. The number of likely N-dealkylation sites (tertiary alicyclic amines) is 1. The third kappa shape index (κ3) is 4.64. The Morgan fingerprint density at radius 1 is 0.872 bits per heavy atom. The van der Waals surface area contributed by atoms with Crippen molar-refractivity contribution in [1.29, 1.82) is 0 Å². The van der Waals surface area contributed by atoms with Crippen molar-refractivity contribution in [3.8, 4) is 16.8 Å². The monoisotopic (exact) mass is 515 g/mol. The van der Waals surface area contributed by atoms with Gasteiger partial charge in [0, 0.05) is 59.0 Å². The van der Waals surface area contributed by atoms with Crippen LogP contribution in [0.2, 0.25) is 0 Å². The molecule has 1 aliphatic heterocycles. The molecule has 0 unspecified atom stereocenters. The zero-order chi connectivity index (χ0) is 26.2. The van der Waals surface area contributed by atoms with E-state index in [0.717, 1.165) is 67.0 Å². The van der Waals surface area contributed by atoms with E-state index in [-0.39, 0.29) is 5.82 Å². The molecule has 0 atom stereocenters. The van der Waals surface area contributed by atoms with Gasteiger partial charge in [-0.15, -0.1) is 0 Å². The molecule has 0 bridgehead atoms. The summed E-state index contributed by atoms with van der Waals surface area (Å²) >= 11 is 0. The minimum Gasteiger partial charge on any atom is -0.468 e. The highest BCUT2D eigenvalue weighted by molar-refractivity contribution is 5.90. The lowest BCUT2D eigenvalue weighted by molar-refractivity contribution is 0.211. The van der Waals surface area contributed by atoms with Crippen LogP contribution in [0.4, 0.5) is 4.39 Å². The fraction of sp³-hybridized carbons (Fsp3) is 0.206. The molecule has 0 spiro atoms. The maximum atomic E-state index is 13.7. The molecule has 7 rings (SSSR count). The largest absolute Gasteiger partial charge is 0.468 e. The Balaban J connectivity index is 1.15. The number of nitrogens with zero attached hydrogens (tertiary/aromatic N) is 3. The van der Waals surface area contributed by atoms with Crippen molar-refractivity contribution in [2.24, 2.45) is 0 Å². The number of halogens is 1. The van der Waals surface area contributed by atoms with Crippen LogP contribution in [0.25, 0.3) is 38.5 Å². The van der Waals surface area contributed by atoms with Gasteiger partial charge in [-0.05, 0) is 85.4 Å². The van der Waals surface area contributed by atoms with E-state index in [1.54, 1.807) is 6.20 Å². The highest BCUT2D eigenvalue weighted by atomic mass is 19.1. The van der Waals surface area contributed by atoms with Crippen LogP contribution in [-0.2, 0) is 6.42 Å². The summed E-state index contributed by atoms with van der Waals surface area (Å²) in [6.45, 7) is 3.14. The van der Waals surface area contributed by atoms with Gasteiger partial charge in [-0.2, -0.15) is 0 Å². The predicted molar refractivity (Wildman–Crippen MR) is 155 cm³/mol. The first-order valence-electron chi connectivity index (χ1n) is 13.7. The second-order valence-electron chi connectivity index (χ2n) is 10.5. The molecular formula is C34H30FN3O. The first-order valence-corrected chi connectivity index (χ1v) is 13.7. The molecular weight excluding hydrogens is 485 g/mol. The average molecular weight is 516 g/mol. The van der Waals surface area contributed by atoms with Crippen LogP contribution in [-0.4, -0.2) is 34.1 Å². The average Bonchev–Trinajstić information content (AvgIpc) is 3.59. The van der Waals surface area contributed by atoms with Gasteiger partial charge < -0.3 is 13.9 Å². The highest BCUT2D eigenvalue weighted by Crippen LogP contribution is 2.38. The van der Waals surface area contributed by atoms with E-state index < -0.39 is 0 Å². The topological polar surface area (TPSA) is 34.2 Å². The molecule has 4 nitrogen and oxygen atoms in total. The fourth-order valence-electron chi connectivity index (χ4n) is 6.08. The summed E-state index contributed by atoms with van der Waals surface area (Å²) in [6.07, 6.45) is 11.0. The number of aromatic nitrogens is 2. The van der Waals surface area contributed by atoms with E-state index in [0.29, 0.717) is 5.92 Å². The standard InChI is InChI=1S/C34H30FN3O/c35-28-8-10-29(11-9-28)38-22-32(31-20-25(7-12-33(31)38)26-5-3-16-36-21-26)24-13-17-37(18-14-24)19-15-34-30-6-2-1-4-27(30)23-39-34/h1-12,16,20-24H,13-15,17-19H2. The van der Waals surface area contributed by atoms with Gasteiger partial charge in [-0.1, -0.05) is 36.4 Å². The maximum absolute atomic E-state index is 13.7. The molecule has 1 aliphatic rings. The van der Waals surface area contributed by atoms with E-state index in [2.05, 4.69) is 69.2 Å². The number of fused-ring (bicyclic) bond motifs is 2. The Bertz CT molecular complexity index is 1730. The second kappa shape index (κ2) is 10.2. The van der Waals surface area contributed by atoms with Gasteiger partial charge in [0.05, 0.1) is 11.8 Å². The van der Waals surface area contributed by atoms with Crippen molar-refractivity contribution >= 4 is 21.7 Å². The van der Waals surface area contributed by atoms with Gasteiger partial charge in [-0.3, -0.25) is 4.98 Å². The highest BCUT2D eigenvalue weighted by Gasteiger charge is 2.25. The number of rotatable bonds is 6. The second-order valence-corrected chi connectivity index (χ2v) is 10.5. The van der Waals surface area contributed by atoms with Crippen molar-refractivity contribution < 1.29 is 8.81 Å². The molecule has 194 valence electrons. The smallest absolute Gasteiger partial charge is 0.123 e. The molecule has 0 amide bonds. The first-order chi connectivity index (χ1) is 19.2. The Morgan fingerprint density at radius 2 is 1.72 bits per heavy atom. The van der Waals surface area contributed by atoms with E-state index in [4.69, 9.17) is 4.42 Å². The van der Waals surface area contributed by atoms with E-state index in [1.807, 2.05) is 30.7 Å². The fourth-order valence-corrected chi connectivity index (χ4v) is 6.08. The van der Waals surface area contributed by atoms with Crippen molar-refractivity contribution in [1.82, 2.24) is 14.5 Å². The van der Waals surface area contributed by atoms with Crippen molar-refractivity contribution in [2.75, 3.05) is 19.6 Å². The predicted octanol–water partition coefficient (Wildman–Crippen LogP) is 8.00. The molecule has 0 aliphatic carbocycles. The van der Waals surface area contributed by atoms with Crippen molar-refractivity contribution in [3.05, 3.63) is 121 Å². The number of hydrogen-bond donors (Lipinski definition) is 0. The number of pyridine rings is 1. The van der Waals surface area contributed by atoms with Crippen LogP contribution in [0.5, 0.6) is 0 Å². The molecule has 3 aromatic heterocycles. The van der Waals surface area contributed by atoms with Crippen LogP contribution in [0, 0.1) is 5.82 Å². The summed E-state index contributed by atoms with van der Waals surface area (Å²) in [5.41, 5.74) is 5.77.